The van der Waals surface area contributed by atoms with Crippen molar-refractivity contribution in [2.75, 3.05) is 6.54 Å². The van der Waals surface area contributed by atoms with Crippen LogP contribution in [0.15, 0.2) is 48.5 Å². The lowest BCUT2D eigenvalue weighted by Crippen LogP contribution is -2.26. The van der Waals surface area contributed by atoms with E-state index in [-0.39, 0.29) is 11.7 Å². The Morgan fingerprint density at radius 3 is 2.53 bits per heavy atom. The van der Waals surface area contributed by atoms with Crippen LogP contribution in [-0.2, 0) is 6.42 Å². The molecule has 0 radical (unpaired) electrons. The van der Waals surface area contributed by atoms with Gasteiger partial charge in [-0.05, 0) is 36.6 Å². The molecule has 0 atom stereocenters. The van der Waals surface area contributed by atoms with Crippen molar-refractivity contribution >= 4 is 5.91 Å². The molecule has 2 aromatic rings. The second-order valence-electron chi connectivity index (χ2n) is 4.41. The van der Waals surface area contributed by atoms with Crippen molar-refractivity contribution in [3.05, 3.63) is 71.0 Å². The number of hydrogen-bond acceptors (Lipinski definition) is 1. The van der Waals surface area contributed by atoms with E-state index < -0.39 is 0 Å². The fraction of sp³-hybridized carbons (Fsp3) is 0.188. The summed E-state index contributed by atoms with van der Waals surface area (Å²) in [4.78, 5) is 11.9. The molecule has 1 amide bonds. The Bertz CT molecular complexity index is 580. The number of aryl methyl sites for hydroxylation is 1. The van der Waals surface area contributed by atoms with Crippen LogP contribution in [0, 0.1) is 12.7 Å². The summed E-state index contributed by atoms with van der Waals surface area (Å²) in [5.74, 6) is -0.345. The third-order valence-electron chi connectivity index (χ3n) is 3.03. The normalized spacial score (nSPS) is 10.2. The Hall–Kier alpha value is -2.16. The second kappa shape index (κ2) is 6.14. The average Bonchev–Trinajstić information content (AvgIpc) is 2.41. The molecule has 3 heteroatoms. The number of nitrogens with one attached hydrogen (secondary N) is 1. The fourth-order valence-corrected chi connectivity index (χ4v) is 1.93. The highest BCUT2D eigenvalue weighted by molar-refractivity contribution is 5.95. The fourth-order valence-electron chi connectivity index (χ4n) is 1.93. The van der Waals surface area contributed by atoms with Gasteiger partial charge in [0.05, 0.1) is 0 Å². The second-order valence-corrected chi connectivity index (χ2v) is 4.41. The van der Waals surface area contributed by atoms with Crippen molar-refractivity contribution in [2.45, 2.75) is 13.3 Å². The van der Waals surface area contributed by atoms with Crippen molar-refractivity contribution < 1.29 is 9.18 Å². The SMILES string of the molecule is Cc1ccccc1C(=O)NCCc1ccccc1F. The molecule has 2 rings (SSSR count). The summed E-state index contributed by atoms with van der Waals surface area (Å²) < 4.78 is 13.4. The maximum absolute atomic E-state index is 13.4. The smallest absolute Gasteiger partial charge is 0.251 e. The minimum absolute atomic E-state index is 0.116. The van der Waals surface area contributed by atoms with E-state index in [9.17, 15) is 9.18 Å². The number of carbonyl (C=O) groups is 1. The molecule has 0 fully saturated rings. The van der Waals surface area contributed by atoms with E-state index in [4.69, 9.17) is 0 Å². The number of rotatable bonds is 4. The molecule has 0 saturated heterocycles. The third kappa shape index (κ3) is 3.41. The van der Waals surface area contributed by atoms with Crippen molar-refractivity contribution in [2.24, 2.45) is 0 Å². The summed E-state index contributed by atoms with van der Waals surface area (Å²) in [6.45, 7) is 2.32. The summed E-state index contributed by atoms with van der Waals surface area (Å²) in [6, 6.07) is 14.0. The Balaban J connectivity index is 1.92. The van der Waals surface area contributed by atoms with E-state index in [0.717, 1.165) is 5.56 Å². The maximum Gasteiger partial charge on any atom is 0.251 e. The molecule has 1 N–H and O–H groups in total. The van der Waals surface area contributed by atoms with E-state index in [1.165, 1.54) is 6.07 Å². The van der Waals surface area contributed by atoms with Crippen LogP contribution in [0.1, 0.15) is 21.5 Å². The van der Waals surface area contributed by atoms with Crippen molar-refractivity contribution in [3.8, 4) is 0 Å². The molecule has 0 aliphatic carbocycles. The standard InChI is InChI=1S/C16H16FNO/c1-12-6-2-4-8-14(12)16(19)18-11-10-13-7-3-5-9-15(13)17/h2-9H,10-11H2,1H3,(H,18,19). The van der Waals surface area contributed by atoms with Gasteiger partial charge in [0.15, 0.2) is 0 Å². The van der Waals surface area contributed by atoms with E-state index in [1.54, 1.807) is 24.3 Å². The third-order valence-corrected chi connectivity index (χ3v) is 3.03. The van der Waals surface area contributed by atoms with E-state index >= 15 is 0 Å². The molecular weight excluding hydrogens is 241 g/mol. The van der Waals surface area contributed by atoms with Gasteiger partial charge in [0.2, 0.25) is 0 Å². The van der Waals surface area contributed by atoms with Crippen LogP contribution < -0.4 is 5.32 Å². The Morgan fingerprint density at radius 1 is 1.11 bits per heavy atom. The number of amides is 1. The molecule has 2 aromatic carbocycles. The van der Waals surface area contributed by atoms with Gasteiger partial charge >= 0.3 is 0 Å². The van der Waals surface area contributed by atoms with Crippen LogP contribution in [0.4, 0.5) is 4.39 Å². The lowest BCUT2D eigenvalue weighted by atomic mass is 10.1. The van der Waals surface area contributed by atoms with Crippen molar-refractivity contribution in [1.82, 2.24) is 5.32 Å². The van der Waals surface area contributed by atoms with E-state index in [2.05, 4.69) is 5.32 Å². The highest BCUT2D eigenvalue weighted by Gasteiger charge is 2.07. The summed E-state index contributed by atoms with van der Waals surface area (Å²) in [6.07, 6.45) is 0.490. The summed E-state index contributed by atoms with van der Waals surface area (Å²) in [5, 5.41) is 2.81. The topological polar surface area (TPSA) is 29.1 Å². The van der Waals surface area contributed by atoms with Gasteiger partial charge in [-0.25, -0.2) is 4.39 Å². The van der Waals surface area contributed by atoms with Gasteiger partial charge in [-0.2, -0.15) is 0 Å². The zero-order valence-corrected chi connectivity index (χ0v) is 10.8. The first-order valence-corrected chi connectivity index (χ1v) is 6.25. The van der Waals surface area contributed by atoms with Crippen LogP contribution in [0.25, 0.3) is 0 Å². The number of benzene rings is 2. The predicted octanol–water partition coefficient (Wildman–Crippen LogP) is 3.11. The molecule has 0 unspecified atom stereocenters. The molecule has 0 spiro atoms. The maximum atomic E-state index is 13.4. The minimum atomic E-state index is -0.229. The van der Waals surface area contributed by atoms with Crippen molar-refractivity contribution in [3.63, 3.8) is 0 Å². The first kappa shape index (κ1) is 13.3. The Kier molecular flexibility index (Phi) is 4.29. The van der Waals surface area contributed by atoms with Crippen LogP contribution in [0.5, 0.6) is 0 Å². The van der Waals surface area contributed by atoms with E-state index in [0.29, 0.717) is 24.1 Å². The minimum Gasteiger partial charge on any atom is -0.352 e. The highest BCUT2D eigenvalue weighted by Crippen LogP contribution is 2.08. The van der Waals surface area contributed by atoms with Crippen LogP contribution in [-0.4, -0.2) is 12.5 Å². The summed E-state index contributed by atoms with van der Waals surface area (Å²) >= 11 is 0. The number of carbonyl (C=O) groups excluding carboxylic acids is 1. The largest absolute Gasteiger partial charge is 0.352 e. The Labute approximate surface area is 112 Å². The molecule has 0 heterocycles. The quantitative estimate of drug-likeness (QED) is 0.896. The van der Waals surface area contributed by atoms with Crippen LogP contribution in [0.3, 0.4) is 0 Å². The summed E-state index contributed by atoms with van der Waals surface area (Å²) in [5.41, 5.74) is 2.22. The zero-order chi connectivity index (χ0) is 13.7. The molecule has 0 saturated carbocycles. The molecule has 98 valence electrons. The molecule has 0 aliphatic rings. The van der Waals surface area contributed by atoms with Crippen molar-refractivity contribution in [1.29, 1.82) is 0 Å². The lowest BCUT2D eigenvalue weighted by Gasteiger charge is -2.08. The van der Waals surface area contributed by atoms with Gasteiger partial charge < -0.3 is 5.32 Å². The van der Waals surface area contributed by atoms with Crippen LogP contribution >= 0.6 is 0 Å². The summed E-state index contributed by atoms with van der Waals surface area (Å²) in [7, 11) is 0. The monoisotopic (exact) mass is 257 g/mol. The molecular formula is C16H16FNO. The van der Waals surface area contributed by atoms with Crippen LogP contribution in [0.2, 0.25) is 0 Å². The van der Waals surface area contributed by atoms with Gasteiger partial charge in [0.25, 0.3) is 5.91 Å². The number of hydrogen-bond donors (Lipinski definition) is 1. The lowest BCUT2D eigenvalue weighted by molar-refractivity contribution is 0.0953. The number of halogens is 1. The molecule has 19 heavy (non-hydrogen) atoms. The van der Waals surface area contributed by atoms with E-state index in [1.807, 2.05) is 25.1 Å². The van der Waals surface area contributed by atoms with Gasteiger partial charge in [-0.15, -0.1) is 0 Å². The zero-order valence-electron chi connectivity index (χ0n) is 10.8. The highest BCUT2D eigenvalue weighted by atomic mass is 19.1. The Morgan fingerprint density at radius 2 is 1.79 bits per heavy atom. The van der Waals surface area contributed by atoms with Gasteiger partial charge in [0.1, 0.15) is 5.82 Å². The van der Waals surface area contributed by atoms with Gasteiger partial charge in [0, 0.05) is 12.1 Å². The van der Waals surface area contributed by atoms with Gasteiger partial charge in [-0.3, -0.25) is 4.79 Å². The van der Waals surface area contributed by atoms with Gasteiger partial charge in [-0.1, -0.05) is 36.4 Å². The first-order chi connectivity index (χ1) is 9.18. The molecule has 0 bridgehead atoms. The predicted molar refractivity (Wildman–Crippen MR) is 73.6 cm³/mol. The average molecular weight is 257 g/mol. The molecule has 2 nitrogen and oxygen atoms in total. The molecule has 0 aliphatic heterocycles. The molecule has 0 aromatic heterocycles. The first-order valence-electron chi connectivity index (χ1n) is 6.25.